The molecule has 0 radical (unpaired) electrons. The minimum Gasteiger partial charge on any atom is -0.391 e. The highest BCUT2D eigenvalue weighted by Crippen LogP contribution is 2.31. The normalized spacial score (nSPS) is 20.6. The predicted octanol–water partition coefficient (Wildman–Crippen LogP) is 2.85. The molecule has 2 aromatic carbocycles. The van der Waals surface area contributed by atoms with Gasteiger partial charge in [0.15, 0.2) is 17.5 Å². The number of halogens is 3. The Bertz CT molecular complexity index is 651. The van der Waals surface area contributed by atoms with Crippen LogP contribution in [0, 0.1) is 17.5 Å². The summed E-state index contributed by atoms with van der Waals surface area (Å²) in [5.74, 6) is -3.89. The fraction of sp³-hybridized carbons (Fsp3) is 0.250. The fourth-order valence-corrected chi connectivity index (χ4v) is 2.76. The summed E-state index contributed by atoms with van der Waals surface area (Å²) < 4.78 is 39.2. The van der Waals surface area contributed by atoms with E-state index in [0.717, 1.165) is 23.3 Å². The van der Waals surface area contributed by atoms with E-state index in [2.05, 4.69) is 5.32 Å². The van der Waals surface area contributed by atoms with Crippen LogP contribution in [0.25, 0.3) is 0 Å². The Morgan fingerprint density at radius 3 is 2.48 bits per heavy atom. The van der Waals surface area contributed by atoms with E-state index >= 15 is 0 Å². The van der Waals surface area contributed by atoms with Crippen molar-refractivity contribution in [3.63, 3.8) is 0 Å². The molecule has 0 aromatic heterocycles. The zero-order valence-electron chi connectivity index (χ0n) is 11.1. The van der Waals surface area contributed by atoms with Gasteiger partial charge in [-0.3, -0.25) is 0 Å². The van der Waals surface area contributed by atoms with Crippen molar-refractivity contribution in [3.8, 4) is 0 Å². The van der Waals surface area contributed by atoms with Crippen molar-refractivity contribution in [3.05, 3.63) is 70.5 Å². The van der Waals surface area contributed by atoms with Crippen LogP contribution in [0.15, 0.2) is 36.4 Å². The van der Waals surface area contributed by atoms with Crippen molar-refractivity contribution in [2.75, 3.05) is 0 Å². The van der Waals surface area contributed by atoms with E-state index in [1.54, 1.807) is 0 Å². The van der Waals surface area contributed by atoms with Crippen LogP contribution in [0.3, 0.4) is 0 Å². The third-order valence-corrected chi connectivity index (χ3v) is 3.77. The quantitative estimate of drug-likeness (QED) is 0.853. The van der Waals surface area contributed by atoms with Crippen molar-refractivity contribution < 1.29 is 18.3 Å². The summed E-state index contributed by atoms with van der Waals surface area (Å²) >= 11 is 0. The summed E-state index contributed by atoms with van der Waals surface area (Å²) in [5, 5.41) is 13.1. The molecule has 0 aliphatic heterocycles. The molecule has 0 amide bonds. The predicted molar refractivity (Wildman–Crippen MR) is 72.0 cm³/mol. The summed E-state index contributed by atoms with van der Waals surface area (Å²) in [6.45, 7) is 0.143. The highest BCUT2D eigenvalue weighted by atomic mass is 19.2. The van der Waals surface area contributed by atoms with E-state index in [-0.39, 0.29) is 12.6 Å². The van der Waals surface area contributed by atoms with Gasteiger partial charge in [0.05, 0.1) is 12.1 Å². The van der Waals surface area contributed by atoms with E-state index in [0.29, 0.717) is 12.0 Å². The van der Waals surface area contributed by atoms with Gasteiger partial charge < -0.3 is 10.4 Å². The molecule has 0 saturated heterocycles. The molecule has 1 aliphatic rings. The molecule has 1 aliphatic carbocycles. The largest absolute Gasteiger partial charge is 0.391 e. The van der Waals surface area contributed by atoms with Gasteiger partial charge in [-0.15, -0.1) is 0 Å². The third kappa shape index (κ3) is 2.66. The Labute approximate surface area is 120 Å². The second-order valence-corrected chi connectivity index (χ2v) is 5.20. The van der Waals surface area contributed by atoms with Crippen LogP contribution in [0.2, 0.25) is 0 Å². The Balaban J connectivity index is 1.76. The Morgan fingerprint density at radius 1 is 1.10 bits per heavy atom. The van der Waals surface area contributed by atoms with Crippen LogP contribution < -0.4 is 5.32 Å². The van der Waals surface area contributed by atoms with E-state index < -0.39 is 23.6 Å². The van der Waals surface area contributed by atoms with E-state index in [4.69, 9.17) is 0 Å². The molecule has 2 aromatic rings. The molecular weight excluding hydrogens is 279 g/mol. The fourth-order valence-electron chi connectivity index (χ4n) is 2.76. The number of hydrogen-bond donors (Lipinski definition) is 2. The molecule has 0 heterocycles. The van der Waals surface area contributed by atoms with Crippen molar-refractivity contribution in [1.82, 2.24) is 5.32 Å². The number of fused-ring (bicyclic) bond motifs is 1. The third-order valence-electron chi connectivity index (χ3n) is 3.77. The van der Waals surface area contributed by atoms with Crippen LogP contribution >= 0.6 is 0 Å². The smallest absolute Gasteiger partial charge is 0.194 e. The van der Waals surface area contributed by atoms with Crippen LogP contribution in [0.1, 0.15) is 22.7 Å². The number of aliphatic hydroxyl groups excluding tert-OH is 1. The van der Waals surface area contributed by atoms with Gasteiger partial charge in [-0.2, -0.15) is 0 Å². The SMILES string of the molecule is O[C@H]1Cc2ccccc2[C@H]1NCc1cc(F)c(F)c(F)c1. The number of aliphatic hydroxyl groups is 1. The number of benzene rings is 2. The van der Waals surface area contributed by atoms with Crippen molar-refractivity contribution in [2.45, 2.75) is 25.1 Å². The number of nitrogens with one attached hydrogen (secondary N) is 1. The highest BCUT2D eigenvalue weighted by Gasteiger charge is 2.30. The first-order valence-electron chi connectivity index (χ1n) is 6.69. The van der Waals surface area contributed by atoms with Gasteiger partial charge >= 0.3 is 0 Å². The zero-order chi connectivity index (χ0) is 15.0. The van der Waals surface area contributed by atoms with Gasteiger partial charge in [-0.1, -0.05) is 24.3 Å². The van der Waals surface area contributed by atoms with Crippen molar-refractivity contribution in [1.29, 1.82) is 0 Å². The van der Waals surface area contributed by atoms with Crippen LogP contribution in [-0.4, -0.2) is 11.2 Å². The molecule has 110 valence electrons. The maximum atomic E-state index is 13.2. The molecule has 0 saturated carbocycles. The molecular formula is C16H14F3NO. The average molecular weight is 293 g/mol. The second-order valence-electron chi connectivity index (χ2n) is 5.20. The van der Waals surface area contributed by atoms with Gasteiger partial charge in [0.1, 0.15) is 0 Å². The zero-order valence-corrected chi connectivity index (χ0v) is 11.1. The summed E-state index contributed by atoms with van der Waals surface area (Å²) in [4.78, 5) is 0. The molecule has 0 unspecified atom stereocenters. The molecule has 2 nitrogen and oxygen atoms in total. The topological polar surface area (TPSA) is 32.3 Å². The van der Waals surface area contributed by atoms with E-state index in [9.17, 15) is 18.3 Å². The van der Waals surface area contributed by atoms with Crippen LogP contribution in [0.5, 0.6) is 0 Å². The first kappa shape index (κ1) is 14.1. The molecule has 5 heteroatoms. The first-order chi connectivity index (χ1) is 10.1. The maximum Gasteiger partial charge on any atom is 0.194 e. The van der Waals surface area contributed by atoms with Crippen molar-refractivity contribution >= 4 is 0 Å². The number of hydrogen-bond acceptors (Lipinski definition) is 2. The lowest BCUT2D eigenvalue weighted by atomic mass is 10.1. The molecule has 0 bridgehead atoms. The van der Waals surface area contributed by atoms with Gasteiger partial charge in [0.2, 0.25) is 0 Å². The highest BCUT2D eigenvalue weighted by molar-refractivity contribution is 5.36. The Morgan fingerprint density at radius 2 is 1.76 bits per heavy atom. The summed E-state index contributed by atoms with van der Waals surface area (Å²) in [6.07, 6.45) is -0.0440. The summed E-state index contributed by atoms with van der Waals surface area (Å²) in [7, 11) is 0. The van der Waals surface area contributed by atoms with E-state index in [1.165, 1.54) is 0 Å². The lowest BCUT2D eigenvalue weighted by Gasteiger charge is -2.18. The maximum absolute atomic E-state index is 13.2. The molecule has 0 spiro atoms. The molecule has 0 fully saturated rings. The minimum absolute atomic E-state index is 0.143. The Kier molecular flexibility index (Phi) is 3.69. The van der Waals surface area contributed by atoms with Gasteiger partial charge in [0, 0.05) is 13.0 Å². The van der Waals surface area contributed by atoms with Gasteiger partial charge in [-0.25, -0.2) is 13.2 Å². The number of rotatable bonds is 3. The molecule has 21 heavy (non-hydrogen) atoms. The molecule has 2 atom stereocenters. The first-order valence-corrected chi connectivity index (χ1v) is 6.69. The van der Waals surface area contributed by atoms with Crippen LogP contribution in [-0.2, 0) is 13.0 Å². The van der Waals surface area contributed by atoms with Gasteiger partial charge in [-0.05, 0) is 28.8 Å². The standard InChI is InChI=1S/C16H14F3NO/c17-12-5-9(6-13(18)15(12)19)8-20-16-11-4-2-1-3-10(11)7-14(16)21/h1-6,14,16,20-21H,7-8H2/t14-,16+/m0/s1. The summed E-state index contributed by atoms with van der Waals surface area (Å²) in [6, 6.07) is 9.25. The van der Waals surface area contributed by atoms with E-state index in [1.807, 2.05) is 24.3 Å². The monoisotopic (exact) mass is 293 g/mol. The second kappa shape index (κ2) is 5.50. The molecule has 2 N–H and O–H groups in total. The van der Waals surface area contributed by atoms with Crippen molar-refractivity contribution in [2.24, 2.45) is 0 Å². The Hall–Kier alpha value is -1.85. The van der Waals surface area contributed by atoms with Crippen LogP contribution in [0.4, 0.5) is 13.2 Å². The lowest BCUT2D eigenvalue weighted by Crippen LogP contribution is -2.28. The summed E-state index contributed by atoms with van der Waals surface area (Å²) in [5.41, 5.74) is 2.33. The molecule has 3 rings (SSSR count). The minimum atomic E-state index is -1.47. The van der Waals surface area contributed by atoms with Gasteiger partial charge in [0.25, 0.3) is 0 Å². The average Bonchev–Trinajstić information content (AvgIpc) is 2.78. The lowest BCUT2D eigenvalue weighted by molar-refractivity contribution is 0.140.